The van der Waals surface area contributed by atoms with Crippen LogP contribution in [0.4, 0.5) is 0 Å². The highest BCUT2D eigenvalue weighted by Gasteiger charge is 2.19. The maximum absolute atomic E-state index is 11.3. The number of hydrogen-bond donors (Lipinski definition) is 2. The molecule has 1 rings (SSSR count). The number of hydrogen-bond acceptors (Lipinski definition) is 4. The number of likely N-dealkylation sites (N-methyl/N-ethyl adjacent to an activating group) is 1. The molecule has 1 aromatic rings. The fourth-order valence-electron chi connectivity index (χ4n) is 1.86. The fraction of sp³-hybridized carbons (Fsp3) is 0.500. The van der Waals surface area contributed by atoms with Crippen molar-refractivity contribution in [1.82, 2.24) is 10.2 Å². The molecule has 0 aliphatic heterocycles. The van der Waals surface area contributed by atoms with Gasteiger partial charge in [0.25, 0.3) is 0 Å². The number of carbonyl (C=O) groups is 1. The van der Waals surface area contributed by atoms with Crippen LogP contribution < -0.4 is 10.1 Å². The van der Waals surface area contributed by atoms with Gasteiger partial charge in [0.15, 0.2) is 0 Å². The first kappa shape index (κ1) is 15.5. The van der Waals surface area contributed by atoms with Crippen LogP contribution >= 0.6 is 0 Å². The van der Waals surface area contributed by atoms with Crippen LogP contribution in [-0.4, -0.2) is 50.3 Å². The number of benzene rings is 1. The van der Waals surface area contributed by atoms with Crippen molar-refractivity contribution < 1.29 is 14.6 Å². The maximum Gasteiger partial charge on any atom is 0.325 e. The summed E-state index contributed by atoms with van der Waals surface area (Å²) in [6, 6.07) is 4.74. The van der Waals surface area contributed by atoms with Crippen LogP contribution in [0.5, 0.6) is 5.75 Å². The van der Waals surface area contributed by atoms with E-state index in [0.29, 0.717) is 6.54 Å². The SMILES string of the molecule is COc1ccc(C(NCCN(C)C)C(=O)O)cc1C. The first-order chi connectivity index (χ1) is 8.95. The van der Waals surface area contributed by atoms with Gasteiger partial charge in [-0.05, 0) is 38.2 Å². The lowest BCUT2D eigenvalue weighted by Gasteiger charge is -2.18. The van der Waals surface area contributed by atoms with Gasteiger partial charge in [-0.15, -0.1) is 0 Å². The second-order valence-electron chi connectivity index (χ2n) is 4.76. The predicted molar refractivity (Wildman–Crippen MR) is 74.7 cm³/mol. The van der Waals surface area contributed by atoms with Gasteiger partial charge < -0.3 is 14.7 Å². The summed E-state index contributed by atoms with van der Waals surface area (Å²) in [5, 5.41) is 12.4. The van der Waals surface area contributed by atoms with Crippen molar-refractivity contribution in [2.75, 3.05) is 34.3 Å². The van der Waals surface area contributed by atoms with Gasteiger partial charge in [-0.2, -0.15) is 0 Å². The second-order valence-corrected chi connectivity index (χ2v) is 4.76. The molecule has 1 unspecified atom stereocenters. The Kier molecular flexibility index (Phi) is 5.79. The molecule has 0 saturated carbocycles. The summed E-state index contributed by atoms with van der Waals surface area (Å²) in [6.45, 7) is 3.31. The van der Waals surface area contributed by atoms with Crippen molar-refractivity contribution in [1.29, 1.82) is 0 Å². The van der Waals surface area contributed by atoms with Crippen LogP contribution in [0.2, 0.25) is 0 Å². The average molecular weight is 266 g/mol. The summed E-state index contributed by atoms with van der Waals surface area (Å²) in [4.78, 5) is 13.3. The van der Waals surface area contributed by atoms with Gasteiger partial charge in [0.1, 0.15) is 11.8 Å². The zero-order valence-electron chi connectivity index (χ0n) is 11.9. The number of aryl methyl sites for hydroxylation is 1. The Labute approximate surface area is 114 Å². The molecule has 5 nitrogen and oxygen atoms in total. The van der Waals surface area contributed by atoms with Crippen molar-refractivity contribution in [2.24, 2.45) is 0 Å². The molecule has 0 amide bonds. The smallest absolute Gasteiger partial charge is 0.325 e. The molecule has 0 aliphatic rings. The Morgan fingerprint density at radius 1 is 1.47 bits per heavy atom. The number of nitrogens with zero attached hydrogens (tertiary/aromatic N) is 1. The Morgan fingerprint density at radius 2 is 2.16 bits per heavy atom. The lowest BCUT2D eigenvalue weighted by Crippen LogP contribution is -2.33. The van der Waals surface area contributed by atoms with E-state index in [1.54, 1.807) is 19.2 Å². The number of carboxylic acid groups (broad SMARTS) is 1. The number of carboxylic acids is 1. The average Bonchev–Trinajstić information content (AvgIpc) is 2.33. The van der Waals surface area contributed by atoms with Crippen molar-refractivity contribution >= 4 is 5.97 Å². The third kappa shape index (κ3) is 4.54. The summed E-state index contributed by atoms with van der Waals surface area (Å²) in [5.41, 5.74) is 1.67. The summed E-state index contributed by atoms with van der Waals surface area (Å²) >= 11 is 0. The minimum atomic E-state index is -0.872. The molecule has 0 heterocycles. The Hall–Kier alpha value is -1.59. The first-order valence-electron chi connectivity index (χ1n) is 6.21. The highest BCUT2D eigenvalue weighted by atomic mass is 16.5. The zero-order valence-corrected chi connectivity index (χ0v) is 11.9. The lowest BCUT2D eigenvalue weighted by molar-refractivity contribution is -0.139. The van der Waals surface area contributed by atoms with E-state index < -0.39 is 12.0 Å². The molecule has 0 aliphatic carbocycles. The lowest BCUT2D eigenvalue weighted by atomic mass is 10.0. The van der Waals surface area contributed by atoms with Crippen LogP contribution in [0.25, 0.3) is 0 Å². The first-order valence-corrected chi connectivity index (χ1v) is 6.21. The van der Waals surface area contributed by atoms with Gasteiger partial charge in [-0.3, -0.25) is 10.1 Å². The van der Waals surface area contributed by atoms with Gasteiger partial charge >= 0.3 is 5.97 Å². The van der Waals surface area contributed by atoms with Crippen LogP contribution in [0.3, 0.4) is 0 Å². The molecular formula is C14H22N2O3. The number of aliphatic carboxylic acids is 1. The van der Waals surface area contributed by atoms with Crippen LogP contribution in [0.15, 0.2) is 18.2 Å². The zero-order chi connectivity index (χ0) is 14.4. The minimum absolute atomic E-state index is 0.620. The van der Waals surface area contributed by atoms with Crippen molar-refractivity contribution in [2.45, 2.75) is 13.0 Å². The van der Waals surface area contributed by atoms with Crippen LogP contribution in [0.1, 0.15) is 17.2 Å². The topological polar surface area (TPSA) is 61.8 Å². The number of ether oxygens (including phenoxy) is 1. The molecule has 0 saturated heterocycles. The van der Waals surface area contributed by atoms with Crippen molar-refractivity contribution in [3.63, 3.8) is 0 Å². The molecule has 1 aromatic carbocycles. The van der Waals surface area contributed by atoms with Gasteiger partial charge in [0.2, 0.25) is 0 Å². The Bertz CT molecular complexity index is 433. The third-order valence-electron chi connectivity index (χ3n) is 2.91. The second kappa shape index (κ2) is 7.11. The van der Waals surface area contributed by atoms with Crippen LogP contribution in [-0.2, 0) is 4.79 Å². The quantitative estimate of drug-likeness (QED) is 0.778. The summed E-state index contributed by atoms with van der Waals surface area (Å²) in [6.07, 6.45) is 0. The summed E-state index contributed by atoms with van der Waals surface area (Å²) in [5.74, 6) is -0.107. The van der Waals surface area contributed by atoms with E-state index in [-0.39, 0.29) is 0 Å². The Balaban J connectivity index is 2.81. The molecule has 5 heteroatoms. The van der Waals surface area contributed by atoms with Crippen molar-refractivity contribution in [3.05, 3.63) is 29.3 Å². The Morgan fingerprint density at radius 3 is 2.63 bits per heavy atom. The van der Waals surface area contributed by atoms with Crippen LogP contribution in [0, 0.1) is 6.92 Å². The standard InChI is InChI=1S/C14H22N2O3/c1-10-9-11(5-6-12(10)19-4)13(14(17)18)15-7-8-16(2)3/h5-6,9,13,15H,7-8H2,1-4H3,(H,17,18). The molecule has 19 heavy (non-hydrogen) atoms. The van der Waals surface area contributed by atoms with Gasteiger partial charge in [0.05, 0.1) is 7.11 Å². The van der Waals surface area contributed by atoms with E-state index in [1.807, 2.05) is 32.0 Å². The molecule has 0 bridgehead atoms. The summed E-state index contributed by atoms with van der Waals surface area (Å²) < 4.78 is 5.18. The molecule has 106 valence electrons. The largest absolute Gasteiger partial charge is 0.496 e. The van der Waals surface area contributed by atoms with E-state index in [2.05, 4.69) is 5.32 Å². The highest BCUT2D eigenvalue weighted by Crippen LogP contribution is 2.22. The monoisotopic (exact) mass is 266 g/mol. The molecule has 2 N–H and O–H groups in total. The fourth-order valence-corrected chi connectivity index (χ4v) is 1.86. The van der Waals surface area contributed by atoms with Gasteiger partial charge in [-0.1, -0.05) is 12.1 Å². The number of methoxy groups -OCH3 is 1. The molecule has 0 spiro atoms. The van der Waals surface area contributed by atoms with E-state index in [1.165, 1.54) is 0 Å². The maximum atomic E-state index is 11.3. The van der Waals surface area contributed by atoms with Gasteiger partial charge in [0, 0.05) is 13.1 Å². The number of nitrogens with one attached hydrogen (secondary N) is 1. The molecular weight excluding hydrogens is 244 g/mol. The van der Waals surface area contributed by atoms with E-state index in [0.717, 1.165) is 23.4 Å². The molecule has 0 radical (unpaired) electrons. The predicted octanol–water partition coefficient (Wildman–Crippen LogP) is 1.28. The molecule has 0 aromatic heterocycles. The van der Waals surface area contributed by atoms with Crippen molar-refractivity contribution in [3.8, 4) is 5.75 Å². The normalized spacial score (nSPS) is 12.5. The van der Waals surface area contributed by atoms with E-state index in [9.17, 15) is 9.90 Å². The third-order valence-corrected chi connectivity index (χ3v) is 2.91. The highest BCUT2D eigenvalue weighted by molar-refractivity contribution is 5.75. The minimum Gasteiger partial charge on any atom is -0.496 e. The molecule has 0 fully saturated rings. The van der Waals surface area contributed by atoms with Gasteiger partial charge in [-0.25, -0.2) is 0 Å². The van der Waals surface area contributed by atoms with E-state index >= 15 is 0 Å². The summed E-state index contributed by atoms with van der Waals surface area (Å²) in [7, 11) is 5.51. The molecule has 1 atom stereocenters. The number of rotatable bonds is 7. The van der Waals surface area contributed by atoms with E-state index in [4.69, 9.17) is 4.74 Å².